The van der Waals surface area contributed by atoms with E-state index in [1.54, 1.807) is 11.3 Å². The second-order valence-electron chi connectivity index (χ2n) is 4.90. The number of benzene rings is 1. The van der Waals surface area contributed by atoms with Gasteiger partial charge in [-0.05, 0) is 44.5 Å². The monoisotopic (exact) mass is 307 g/mol. The van der Waals surface area contributed by atoms with Crippen molar-refractivity contribution in [2.24, 2.45) is 0 Å². The molecule has 0 fully saturated rings. The number of hydrogen-bond donors (Lipinski definition) is 0. The van der Waals surface area contributed by atoms with E-state index < -0.39 is 0 Å². The van der Waals surface area contributed by atoms with Crippen LogP contribution in [0, 0.1) is 0 Å². The molecule has 0 atom stereocenters. The molecule has 0 saturated heterocycles. The number of nitrogens with zero attached hydrogens (tertiary/aromatic N) is 1. The lowest BCUT2D eigenvalue weighted by Crippen LogP contribution is -2.37. The number of para-hydroxylation sites is 1. The Labute approximate surface area is 129 Å². The first-order valence-corrected chi connectivity index (χ1v) is 7.88. The highest BCUT2D eigenvalue weighted by Gasteiger charge is 2.18. The molecule has 0 unspecified atom stereocenters. The van der Waals surface area contributed by atoms with Crippen LogP contribution in [0.25, 0.3) is 0 Å². The highest BCUT2D eigenvalue weighted by molar-refractivity contribution is 7.16. The van der Waals surface area contributed by atoms with Crippen LogP contribution in [0.15, 0.2) is 42.5 Å². The van der Waals surface area contributed by atoms with E-state index in [2.05, 4.69) is 0 Å². The van der Waals surface area contributed by atoms with Gasteiger partial charge in [0.05, 0.1) is 4.34 Å². The highest BCUT2D eigenvalue weighted by Crippen LogP contribution is 2.24. The van der Waals surface area contributed by atoms with E-state index in [9.17, 15) is 4.79 Å². The number of aryl methyl sites for hydroxylation is 1. The second kappa shape index (κ2) is 6.91. The fourth-order valence-corrected chi connectivity index (χ4v) is 3.24. The van der Waals surface area contributed by atoms with E-state index in [0.717, 1.165) is 21.3 Å². The van der Waals surface area contributed by atoms with Crippen LogP contribution in [0.1, 0.15) is 25.1 Å². The van der Waals surface area contributed by atoms with Crippen LogP contribution in [-0.4, -0.2) is 11.9 Å². The number of thiophene rings is 1. The van der Waals surface area contributed by atoms with Crippen molar-refractivity contribution in [3.8, 4) is 0 Å². The summed E-state index contributed by atoms with van der Waals surface area (Å²) in [7, 11) is 0. The zero-order chi connectivity index (χ0) is 14.5. The van der Waals surface area contributed by atoms with Crippen molar-refractivity contribution >= 4 is 34.5 Å². The maximum atomic E-state index is 12.5. The number of amides is 1. The van der Waals surface area contributed by atoms with E-state index >= 15 is 0 Å². The Morgan fingerprint density at radius 2 is 1.90 bits per heavy atom. The quantitative estimate of drug-likeness (QED) is 0.778. The van der Waals surface area contributed by atoms with Crippen molar-refractivity contribution in [1.29, 1.82) is 0 Å². The summed E-state index contributed by atoms with van der Waals surface area (Å²) in [5.74, 6) is 0.149. The van der Waals surface area contributed by atoms with Crippen molar-refractivity contribution in [1.82, 2.24) is 0 Å². The molecule has 106 valence electrons. The predicted octanol–water partition coefficient (Wildman–Crippen LogP) is 4.78. The third-order valence-electron chi connectivity index (χ3n) is 3.03. The molecular formula is C16H18ClNOS. The Morgan fingerprint density at radius 1 is 1.20 bits per heavy atom. The van der Waals surface area contributed by atoms with Gasteiger partial charge >= 0.3 is 0 Å². The van der Waals surface area contributed by atoms with Gasteiger partial charge in [-0.1, -0.05) is 29.8 Å². The fraction of sp³-hybridized carbons (Fsp3) is 0.312. The Kier molecular flexibility index (Phi) is 5.21. The third-order valence-corrected chi connectivity index (χ3v) is 4.32. The van der Waals surface area contributed by atoms with E-state index in [-0.39, 0.29) is 11.9 Å². The van der Waals surface area contributed by atoms with Crippen molar-refractivity contribution in [2.45, 2.75) is 32.7 Å². The Bertz CT molecular complexity index is 565. The fourth-order valence-electron chi connectivity index (χ4n) is 2.16. The third kappa shape index (κ3) is 3.84. The molecule has 0 N–H and O–H groups in total. The molecule has 2 rings (SSSR count). The molecule has 1 amide bonds. The normalized spacial score (nSPS) is 10.8. The van der Waals surface area contributed by atoms with E-state index in [4.69, 9.17) is 11.6 Å². The molecule has 2 nitrogen and oxygen atoms in total. The van der Waals surface area contributed by atoms with Crippen molar-refractivity contribution < 1.29 is 4.79 Å². The van der Waals surface area contributed by atoms with Crippen LogP contribution < -0.4 is 4.90 Å². The van der Waals surface area contributed by atoms with E-state index in [0.29, 0.717) is 6.42 Å². The summed E-state index contributed by atoms with van der Waals surface area (Å²) in [6.07, 6.45) is 1.25. The van der Waals surface area contributed by atoms with Crippen LogP contribution in [0.3, 0.4) is 0 Å². The molecule has 0 aliphatic rings. The average Bonchev–Trinajstić information content (AvgIpc) is 2.83. The number of anilines is 1. The molecule has 0 radical (unpaired) electrons. The molecule has 1 aromatic carbocycles. The number of carbonyl (C=O) groups excluding carboxylic acids is 1. The van der Waals surface area contributed by atoms with Gasteiger partial charge in [0.25, 0.3) is 0 Å². The van der Waals surface area contributed by atoms with Crippen molar-refractivity contribution in [3.05, 3.63) is 51.7 Å². The van der Waals surface area contributed by atoms with Crippen molar-refractivity contribution in [3.63, 3.8) is 0 Å². The van der Waals surface area contributed by atoms with Gasteiger partial charge in [-0.3, -0.25) is 4.79 Å². The molecule has 0 spiro atoms. The zero-order valence-corrected chi connectivity index (χ0v) is 13.2. The minimum absolute atomic E-state index is 0.149. The predicted molar refractivity (Wildman–Crippen MR) is 86.7 cm³/mol. The standard InChI is InChI=1S/C16H18ClNOS/c1-12(2)18(13-6-4-3-5-7-13)16(19)11-9-14-8-10-15(17)20-14/h3-8,10,12H,9,11H2,1-2H3. The molecule has 1 aromatic heterocycles. The van der Waals surface area contributed by atoms with Gasteiger partial charge in [0.2, 0.25) is 5.91 Å². The first-order valence-electron chi connectivity index (χ1n) is 6.69. The highest BCUT2D eigenvalue weighted by atomic mass is 35.5. The van der Waals surface area contributed by atoms with Gasteiger partial charge in [-0.25, -0.2) is 0 Å². The Hall–Kier alpha value is -1.32. The molecule has 0 aliphatic heterocycles. The van der Waals surface area contributed by atoms with Gasteiger partial charge in [0.1, 0.15) is 0 Å². The van der Waals surface area contributed by atoms with Crippen LogP contribution in [0.2, 0.25) is 4.34 Å². The molecule has 4 heteroatoms. The summed E-state index contributed by atoms with van der Waals surface area (Å²) in [5, 5.41) is 0. The number of hydrogen-bond acceptors (Lipinski definition) is 2. The van der Waals surface area contributed by atoms with Crippen molar-refractivity contribution in [2.75, 3.05) is 4.90 Å². The molecule has 0 saturated carbocycles. The topological polar surface area (TPSA) is 20.3 Å². The maximum absolute atomic E-state index is 12.5. The summed E-state index contributed by atoms with van der Waals surface area (Å²) in [5.41, 5.74) is 0.955. The van der Waals surface area contributed by atoms with E-state index in [1.807, 2.05) is 61.2 Å². The van der Waals surface area contributed by atoms with Gasteiger partial charge in [0.15, 0.2) is 0 Å². The molecule has 1 heterocycles. The molecule has 2 aromatic rings. The summed E-state index contributed by atoms with van der Waals surface area (Å²) in [4.78, 5) is 15.5. The van der Waals surface area contributed by atoms with Crippen LogP contribution in [0.4, 0.5) is 5.69 Å². The summed E-state index contributed by atoms with van der Waals surface area (Å²) in [6, 6.07) is 13.8. The molecule has 0 aliphatic carbocycles. The maximum Gasteiger partial charge on any atom is 0.227 e. The lowest BCUT2D eigenvalue weighted by Gasteiger charge is -2.27. The largest absolute Gasteiger partial charge is 0.310 e. The number of rotatable bonds is 5. The first-order chi connectivity index (χ1) is 9.58. The number of halogens is 1. The van der Waals surface area contributed by atoms with Crippen LogP contribution >= 0.6 is 22.9 Å². The Balaban J connectivity index is 2.04. The summed E-state index contributed by atoms with van der Waals surface area (Å²) in [6.45, 7) is 4.07. The minimum atomic E-state index is 0.149. The zero-order valence-electron chi connectivity index (χ0n) is 11.7. The average molecular weight is 308 g/mol. The Morgan fingerprint density at radius 3 is 2.45 bits per heavy atom. The van der Waals surface area contributed by atoms with Gasteiger partial charge in [-0.15, -0.1) is 11.3 Å². The van der Waals surface area contributed by atoms with Gasteiger partial charge in [-0.2, -0.15) is 0 Å². The summed E-state index contributed by atoms with van der Waals surface area (Å²) < 4.78 is 0.774. The molecule has 20 heavy (non-hydrogen) atoms. The smallest absolute Gasteiger partial charge is 0.227 e. The van der Waals surface area contributed by atoms with Gasteiger partial charge in [0, 0.05) is 23.0 Å². The lowest BCUT2D eigenvalue weighted by molar-refractivity contribution is -0.118. The first kappa shape index (κ1) is 15.1. The summed E-state index contributed by atoms with van der Waals surface area (Å²) >= 11 is 7.45. The lowest BCUT2D eigenvalue weighted by atomic mass is 10.2. The molecule has 0 bridgehead atoms. The SMILES string of the molecule is CC(C)N(C(=O)CCc1ccc(Cl)s1)c1ccccc1. The van der Waals surface area contributed by atoms with Crippen LogP contribution in [0.5, 0.6) is 0 Å². The second-order valence-corrected chi connectivity index (χ2v) is 6.70. The minimum Gasteiger partial charge on any atom is -0.310 e. The van der Waals surface area contributed by atoms with Crippen LogP contribution in [-0.2, 0) is 11.2 Å². The number of carbonyl (C=O) groups is 1. The van der Waals surface area contributed by atoms with E-state index in [1.165, 1.54) is 0 Å². The molecular weight excluding hydrogens is 290 g/mol. The van der Waals surface area contributed by atoms with Gasteiger partial charge < -0.3 is 4.90 Å².